The molecule has 0 unspecified atom stereocenters. The normalized spacial score (nSPS) is 10.6. The molecule has 154 valence electrons. The van der Waals surface area contributed by atoms with E-state index in [0.29, 0.717) is 10.6 Å². The molecular weight excluding hydrogens is 400 g/mol. The molecule has 30 heavy (non-hydrogen) atoms. The lowest BCUT2D eigenvalue weighted by Crippen LogP contribution is -2.14. The van der Waals surface area contributed by atoms with Gasteiger partial charge in [0.2, 0.25) is 0 Å². The third kappa shape index (κ3) is 5.45. The van der Waals surface area contributed by atoms with Crippen LogP contribution >= 0.6 is 11.6 Å². The lowest BCUT2D eigenvalue weighted by Gasteiger charge is -2.10. The van der Waals surface area contributed by atoms with Crippen LogP contribution < -0.4 is 5.32 Å². The molecule has 0 atom stereocenters. The average molecular weight is 423 g/mol. The summed E-state index contributed by atoms with van der Waals surface area (Å²) in [5, 5.41) is 12.2. The van der Waals surface area contributed by atoms with Crippen LogP contribution in [0.4, 0.5) is 5.69 Å². The fourth-order valence-corrected chi connectivity index (χ4v) is 3.29. The Morgan fingerprint density at radius 1 is 1.03 bits per heavy atom. The molecule has 1 heterocycles. The number of anilines is 1. The number of hydrogen-bond donors (Lipinski definition) is 2. The maximum absolute atomic E-state index is 12.6. The maximum atomic E-state index is 12.6. The van der Waals surface area contributed by atoms with Crippen LogP contribution in [0.3, 0.4) is 0 Å². The van der Waals surface area contributed by atoms with Crippen molar-refractivity contribution >= 4 is 29.2 Å². The Morgan fingerprint density at radius 2 is 1.80 bits per heavy atom. The predicted octanol–water partition coefficient (Wildman–Crippen LogP) is 6.09. The van der Waals surface area contributed by atoms with Crippen molar-refractivity contribution in [3.8, 4) is 11.3 Å². The predicted molar refractivity (Wildman–Crippen MR) is 119 cm³/mol. The highest BCUT2D eigenvalue weighted by Crippen LogP contribution is 2.23. The van der Waals surface area contributed by atoms with E-state index in [1.54, 1.807) is 12.1 Å². The number of aromatic carboxylic acids is 1. The van der Waals surface area contributed by atoms with E-state index in [2.05, 4.69) is 23.3 Å². The first kappa shape index (κ1) is 21.5. The van der Waals surface area contributed by atoms with E-state index in [0.717, 1.165) is 24.1 Å². The number of nitrogens with one attached hydrogen (secondary N) is 1. The topological polar surface area (TPSA) is 79.3 Å². The van der Waals surface area contributed by atoms with Crippen LogP contribution in [0.5, 0.6) is 0 Å². The highest BCUT2D eigenvalue weighted by molar-refractivity contribution is 6.31. The number of carbonyl (C=O) groups is 2. The summed E-state index contributed by atoms with van der Waals surface area (Å²) in [5.74, 6) is -1.55. The lowest BCUT2D eigenvalue weighted by atomic mass is 10.1. The number of amides is 1. The standard InChI is InChI=1S/C24H23ClN2O3/c1-2-3-4-5-16-6-13-21(26-15-16)17-7-9-18(10-8-17)23(28)27-22-14-19(25)11-12-20(22)24(29)30/h6-15H,2-5H2,1H3,(H,27,28)(H,29,30). The number of pyridine rings is 1. The number of nitrogens with zero attached hydrogens (tertiary/aromatic N) is 1. The first-order chi connectivity index (χ1) is 14.5. The molecule has 0 saturated carbocycles. The Morgan fingerprint density at radius 3 is 2.43 bits per heavy atom. The second kappa shape index (κ2) is 10.0. The number of hydrogen-bond acceptors (Lipinski definition) is 3. The zero-order chi connectivity index (χ0) is 21.5. The Labute approximate surface area is 180 Å². The molecule has 3 rings (SSSR count). The molecule has 0 aliphatic heterocycles. The van der Waals surface area contributed by atoms with Crippen LogP contribution in [0.15, 0.2) is 60.8 Å². The average Bonchev–Trinajstić information content (AvgIpc) is 2.74. The van der Waals surface area contributed by atoms with Crippen molar-refractivity contribution < 1.29 is 14.7 Å². The summed E-state index contributed by atoms with van der Waals surface area (Å²) in [6, 6.07) is 15.3. The van der Waals surface area contributed by atoms with Gasteiger partial charge in [0, 0.05) is 22.3 Å². The number of benzene rings is 2. The lowest BCUT2D eigenvalue weighted by molar-refractivity contribution is 0.0698. The van der Waals surface area contributed by atoms with E-state index in [1.807, 2.05) is 24.4 Å². The summed E-state index contributed by atoms with van der Waals surface area (Å²) in [6.07, 6.45) is 6.51. The van der Waals surface area contributed by atoms with E-state index in [4.69, 9.17) is 11.6 Å². The van der Waals surface area contributed by atoms with Gasteiger partial charge in [-0.2, -0.15) is 0 Å². The molecule has 0 bridgehead atoms. The number of carboxylic acids is 1. The van der Waals surface area contributed by atoms with Gasteiger partial charge < -0.3 is 10.4 Å². The van der Waals surface area contributed by atoms with Gasteiger partial charge in [-0.05, 0) is 54.8 Å². The molecule has 6 heteroatoms. The molecule has 0 radical (unpaired) electrons. The Kier molecular flexibility index (Phi) is 7.20. The van der Waals surface area contributed by atoms with Gasteiger partial charge in [0.1, 0.15) is 0 Å². The third-order valence-electron chi connectivity index (χ3n) is 4.80. The molecular formula is C24H23ClN2O3. The number of rotatable bonds is 8. The molecule has 2 N–H and O–H groups in total. The monoisotopic (exact) mass is 422 g/mol. The van der Waals surface area contributed by atoms with Gasteiger partial charge >= 0.3 is 5.97 Å². The Hall–Kier alpha value is -3.18. The summed E-state index contributed by atoms with van der Waals surface area (Å²) >= 11 is 5.93. The van der Waals surface area contributed by atoms with Crippen molar-refractivity contribution in [1.82, 2.24) is 4.98 Å². The van der Waals surface area contributed by atoms with E-state index >= 15 is 0 Å². The molecule has 0 aliphatic rings. The van der Waals surface area contributed by atoms with Gasteiger partial charge in [-0.15, -0.1) is 0 Å². The molecule has 0 aliphatic carbocycles. The van der Waals surface area contributed by atoms with Gasteiger partial charge in [-0.3, -0.25) is 9.78 Å². The summed E-state index contributed by atoms with van der Waals surface area (Å²) in [5.41, 5.74) is 3.51. The number of carboxylic acid groups (broad SMARTS) is 1. The highest BCUT2D eigenvalue weighted by atomic mass is 35.5. The second-order valence-electron chi connectivity index (χ2n) is 7.04. The quantitative estimate of drug-likeness (QED) is 0.431. The van der Waals surface area contributed by atoms with Gasteiger partial charge in [0.15, 0.2) is 0 Å². The summed E-state index contributed by atoms with van der Waals surface area (Å²) in [7, 11) is 0. The van der Waals surface area contributed by atoms with Crippen LogP contribution in [0.25, 0.3) is 11.3 Å². The SMILES string of the molecule is CCCCCc1ccc(-c2ccc(C(=O)Nc3cc(Cl)ccc3C(=O)O)cc2)nc1. The number of aromatic nitrogens is 1. The maximum Gasteiger partial charge on any atom is 0.337 e. The van der Waals surface area contributed by atoms with Crippen molar-refractivity contribution in [2.45, 2.75) is 32.6 Å². The summed E-state index contributed by atoms with van der Waals surface area (Å²) in [6.45, 7) is 2.19. The van der Waals surface area contributed by atoms with Crippen molar-refractivity contribution in [1.29, 1.82) is 0 Å². The second-order valence-corrected chi connectivity index (χ2v) is 7.47. The van der Waals surface area contributed by atoms with E-state index < -0.39 is 11.9 Å². The van der Waals surface area contributed by atoms with Gasteiger partial charge in [-0.25, -0.2) is 4.79 Å². The first-order valence-corrected chi connectivity index (χ1v) is 10.3. The largest absolute Gasteiger partial charge is 0.478 e. The van der Waals surface area contributed by atoms with Gasteiger partial charge in [-0.1, -0.05) is 49.6 Å². The van der Waals surface area contributed by atoms with E-state index in [9.17, 15) is 14.7 Å². The summed E-state index contributed by atoms with van der Waals surface area (Å²) in [4.78, 5) is 28.4. The Bertz CT molecular complexity index is 1030. The fraction of sp³-hybridized carbons (Fsp3) is 0.208. The number of aryl methyl sites for hydroxylation is 1. The molecule has 1 aromatic heterocycles. The van der Waals surface area contributed by atoms with Crippen molar-refractivity contribution in [2.75, 3.05) is 5.32 Å². The number of carbonyl (C=O) groups excluding carboxylic acids is 1. The smallest absolute Gasteiger partial charge is 0.337 e. The Balaban J connectivity index is 1.71. The molecule has 0 saturated heterocycles. The third-order valence-corrected chi connectivity index (χ3v) is 5.03. The van der Waals surface area contributed by atoms with Crippen LogP contribution in [-0.2, 0) is 6.42 Å². The number of halogens is 1. The van der Waals surface area contributed by atoms with Crippen molar-refractivity contribution in [2.24, 2.45) is 0 Å². The van der Waals surface area contributed by atoms with E-state index in [1.165, 1.54) is 36.6 Å². The molecule has 5 nitrogen and oxygen atoms in total. The van der Waals surface area contributed by atoms with Crippen molar-refractivity contribution in [3.05, 3.63) is 82.5 Å². The minimum atomic E-state index is -1.14. The van der Waals surface area contributed by atoms with Crippen LogP contribution in [0.2, 0.25) is 5.02 Å². The van der Waals surface area contributed by atoms with E-state index in [-0.39, 0.29) is 11.3 Å². The molecule has 2 aromatic carbocycles. The van der Waals surface area contributed by atoms with Crippen LogP contribution in [-0.4, -0.2) is 22.0 Å². The van der Waals surface area contributed by atoms with Gasteiger partial charge in [0.05, 0.1) is 16.9 Å². The van der Waals surface area contributed by atoms with Gasteiger partial charge in [0.25, 0.3) is 5.91 Å². The first-order valence-electron chi connectivity index (χ1n) is 9.87. The van der Waals surface area contributed by atoms with Crippen molar-refractivity contribution in [3.63, 3.8) is 0 Å². The zero-order valence-electron chi connectivity index (χ0n) is 16.7. The molecule has 0 spiro atoms. The van der Waals surface area contributed by atoms with Crippen LogP contribution in [0, 0.1) is 0 Å². The van der Waals surface area contributed by atoms with Crippen LogP contribution in [0.1, 0.15) is 52.5 Å². The highest BCUT2D eigenvalue weighted by Gasteiger charge is 2.14. The summed E-state index contributed by atoms with van der Waals surface area (Å²) < 4.78 is 0. The molecule has 1 amide bonds. The molecule has 3 aromatic rings. The minimum Gasteiger partial charge on any atom is -0.478 e. The number of unbranched alkanes of at least 4 members (excludes halogenated alkanes) is 2. The zero-order valence-corrected chi connectivity index (χ0v) is 17.4. The fourth-order valence-electron chi connectivity index (χ4n) is 3.12. The molecule has 0 fully saturated rings. The minimum absolute atomic E-state index is 0.0207.